The highest BCUT2D eigenvalue weighted by atomic mass is 16.5. The Morgan fingerprint density at radius 1 is 1.25 bits per heavy atom. The van der Waals surface area contributed by atoms with Crippen LogP contribution in [0.1, 0.15) is 45.2 Å². The predicted molar refractivity (Wildman–Crippen MR) is 84.0 cm³/mol. The molecular weight excluding hydrogens is 248 g/mol. The van der Waals surface area contributed by atoms with Crippen LogP contribution in [0.4, 0.5) is 0 Å². The SMILES string of the molecule is COc1ccccc1C(C(C)N)N1CC(C)CCC1C. The molecule has 1 aliphatic rings. The maximum Gasteiger partial charge on any atom is 0.123 e. The number of ether oxygens (including phenoxy) is 1. The standard InChI is InChI=1S/C17H28N2O/c1-12-9-10-13(2)19(11-12)17(14(3)18)15-7-5-6-8-16(15)20-4/h5-8,12-14,17H,9-11,18H2,1-4H3. The zero-order valence-corrected chi connectivity index (χ0v) is 13.2. The first-order valence-electron chi connectivity index (χ1n) is 7.68. The molecule has 2 rings (SSSR count). The number of nitrogens with two attached hydrogens (primary N) is 1. The number of rotatable bonds is 4. The maximum atomic E-state index is 6.33. The van der Waals surface area contributed by atoms with Gasteiger partial charge >= 0.3 is 0 Å². The van der Waals surface area contributed by atoms with Crippen molar-refractivity contribution < 1.29 is 4.74 Å². The minimum absolute atomic E-state index is 0.0825. The van der Waals surface area contributed by atoms with Crippen LogP contribution in [-0.2, 0) is 0 Å². The lowest BCUT2D eigenvalue weighted by Crippen LogP contribution is -2.48. The smallest absolute Gasteiger partial charge is 0.123 e. The van der Waals surface area contributed by atoms with Crippen LogP contribution in [0.25, 0.3) is 0 Å². The predicted octanol–water partition coefficient (Wildman–Crippen LogP) is 3.20. The molecule has 0 aromatic heterocycles. The Hall–Kier alpha value is -1.06. The zero-order chi connectivity index (χ0) is 14.7. The number of likely N-dealkylation sites (tertiary alicyclic amines) is 1. The van der Waals surface area contributed by atoms with E-state index in [0.717, 1.165) is 18.2 Å². The fourth-order valence-corrected chi connectivity index (χ4v) is 3.39. The highest BCUT2D eigenvalue weighted by Gasteiger charge is 2.33. The molecule has 20 heavy (non-hydrogen) atoms. The largest absolute Gasteiger partial charge is 0.496 e. The quantitative estimate of drug-likeness (QED) is 0.917. The second-order valence-corrected chi connectivity index (χ2v) is 6.27. The third-order valence-electron chi connectivity index (χ3n) is 4.48. The summed E-state index contributed by atoms with van der Waals surface area (Å²) in [6, 6.07) is 9.16. The normalized spacial score (nSPS) is 27.1. The minimum atomic E-state index is 0.0825. The van der Waals surface area contributed by atoms with Gasteiger partial charge in [-0.15, -0.1) is 0 Å². The van der Waals surface area contributed by atoms with Gasteiger partial charge in [0.2, 0.25) is 0 Å². The fraction of sp³-hybridized carbons (Fsp3) is 0.647. The van der Waals surface area contributed by atoms with Crippen molar-refractivity contribution in [2.75, 3.05) is 13.7 Å². The summed E-state index contributed by atoms with van der Waals surface area (Å²) in [5.41, 5.74) is 7.55. The molecule has 1 heterocycles. The molecule has 0 spiro atoms. The van der Waals surface area contributed by atoms with Gasteiger partial charge in [0.05, 0.1) is 13.2 Å². The molecule has 1 aromatic carbocycles. The topological polar surface area (TPSA) is 38.5 Å². The summed E-state index contributed by atoms with van der Waals surface area (Å²) in [6.45, 7) is 7.87. The van der Waals surface area contributed by atoms with Crippen LogP contribution in [0.15, 0.2) is 24.3 Å². The highest BCUT2D eigenvalue weighted by Crippen LogP contribution is 2.36. The third kappa shape index (κ3) is 3.15. The second kappa shape index (κ2) is 6.59. The van der Waals surface area contributed by atoms with Crippen molar-refractivity contribution in [1.29, 1.82) is 0 Å². The van der Waals surface area contributed by atoms with E-state index in [1.54, 1.807) is 7.11 Å². The molecule has 0 amide bonds. The Bertz CT molecular complexity index is 433. The highest BCUT2D eigenvalue weighted by molar-refractivity contribution is 5.37. The van der Waals surface area contributed by atoms with Crippen LogP contribution in [0.2, 0.25) is 0 Å². The molecule has 3 heteroatoms. The van der Waals surface area contributed by atoms with Crippen LogP contribution < -0.4 is 10.5 Å². The Balaban J connectivity index is 2.35. The monoisotopic (exact) mass is 276 g/mol. The molecule has 0 bridgehead atoms. The van der Waals surface area contributed by atoms with Gasteiger partial charge in [0.1, 0.15) is 5.75 Å². The Labute approximate surface area is 123 Å². The summed E-state index contributed by atoms with van der Waals surface area (Å²) in [6.07, 6.45) is 2.56. The number of para-hydroxylation sites is 1. The molecule has 4 atom stereocenters. The van der Waals surface area contributed by atoms with E-state index in [1.165, 1.54) is 18.4 Å². The van der Waals surface area contributed by atoms with Crippen molar-refractivity contribution in [3.8, 4) is 5.75 Å². The number of hydrogen-bond donors (Lipinski definition) is 1. The second-order valence-electron chi connectivity index (χ2n) is 6.27. The molecule has 1 aromatic rings. The van der Waals surface area contributed by atoms with Gasteiger partial charge in [-0.3, -0.25) is 4.90 Å². The minimum Gasteiger partial charge on any atom is -0.496 e. The molecule has 2 N–H and O–H groups in total. The molecule has 0 radical (unpaired) electrons. The van der Waals surface area contributed by atoms with Gasteiger partial charge in [-0.2, -0.15) is 0 Å². The van der Waals surface area contributed by atoms with E-state index in [1.807, 2.05) is 12.1 Å². The van der Waals surface area contributed by atoms with Gasteiger partial charge < -0.3 is 10.5 Å². The number of nitrogens with zero attached hydrogens (tertiary/aromatic N) is 1. The van der Waals surface area contributed by atoms with E-state index in [-0.39, 0.29) is 12.1 Å². The summed E-state index contributed by atoms with van der Waals surface area (Å²) in [4.78, 5) is 2.57. The average molecular weight is 276 g/mol. The lowest BCUT2D eigenvalue weighted by molar-refractivity contribution is 0.0648. The van der Waals surface area contributed by atoms with E-state index in [0.29, 0.717) is 6.04 Å². The molecule has 3 nitrogen and oxygen atoms in total. The average Bonchev–Trinajstić information content (AvgIpc) is 2.43. The Kier molecular flexibility index (Phi) is 5.06. The summed E-state index contributed by atoms with van der Waals surface area (Å²) in [5, 5.41) is 0. The third-order valence-corrected chi connectivity index (χ3v) is 4.48. The van der Waals surface area contributed by atoms with E-state index in [2.05, 4.69) is 37.8 Å². The Morgan fingerprint density at radius 3 is 2.60 bits per heavy atom. The molecular formula is C17H28N2O. The van der Waals surface area contributed by atoms with Crippen molar-refractivity contribution in [2.24, 2.45) is 11.7 Å². The zero-order valence-electron chi connectivity index (χ0n) is 13.2. The van der Waals surface area contributed by atoms with Crippen LogP contribution in [-0.4, -0.2) is 30.6 Å². The number of piperidine rings is 1. The van der Waals surface area contributed by atoms with Gasteiger partial charge in [0, 0.05) is 24.2 Å². The van der Waals surface area contributed by atoms with Crippen LogP contribution in [0.5, 0.6) is 5.75 Å². The van der Waals surface area contributed by atoms with Gasteiger partial charge in [0.15, 0.2) is 0 Å². The van der Waals surface area contributed by atoms with Crippen molar-refractivity contribution >= 4 is 0 Å². The first-order valence-corrected chi connectivity index (χ1v) is 7.68. The number of benzene rings is 1. The lowest BCUT2D eigenvalue weighted by Gasteiger charge is -2.44. The van der Waals surface area contributed by atoms with E-state index < -0.39 is 0 Å². The van der Waals surface area contributed by atoms with Gasteiger partial charge in [0.25, 0.3) is 0 Å². The fourth-order valence-electron chi connectivity index (χ4n) is 3.39. The molecule has 1 fully saturated rings. The molecule has 1 saturated heterocycles. The first kappa shape index (κ1) is 15.3. The van der Waals surface area contributed by atoms with Crippen LogP contribution in [0, 0.1) is 5.92 Å². The molecule has 1 aliphatic heterocycles. The lowest BCUT2D eigenvalue weighted by atomic mass is 9.89. The molecule has 0 aliphatic carbocycles. The summed E-state index contributed by atoms with van der Waals surface area (Å²) >= 11 is 0. The van der Waals surface area contributed by atoms with Crippen molar-refractivity contribution in [1.82, 2.24) is 4.90 Å². The van der Waals surface area contributed by atoms with Gasteiger partial charge in [-0.05, 0) is 38.7 Å². The van der Waals surface area contributed by atoms with Crippen molar-refractivity contribution in [2.45, 2.75) is 51.7 Å². The van der Waals surface area contributed by atoms with E-state index in [4.69, 9.17) is 10.5 Å². The van der Waals surface area contributed by atoms with E-state index in [9.17, 15) is 0 Å². The molecule has 0 saturated carbocycles. The molecule has 4 unspecified atom stereocenters. The number of hydrogen-bond acceptors (Lipinski definition) is 3. The van der Waals surface area contributed by atoms with Crippen LogP contribution >= 0.6 is 0 Å². The summed E-state index contributed by atoms with van der Waals surface area (Å²) in [7, 11) is 1.74. The van der Waals surface area contributed by atoms with Crippen LogP contribution in [0.3, 0.4) is 0 Å². The maximum absolute atomic E-state index is 6.33. The van der Waals surface area contributed by atoms with Gasteiger partial charge in [-0.1, -0.05) is 25.1 Å². The first-order chi connectivity index (χ1) is 9.54. The number of methoxy groups -OCH3 is 1. The van der Waals surface area contributed by atoms with Gasteiger partial charge in [-0.25, -0.2) is 0 Å². The Morgan fingerprint density at radius 2 is 1.95 bits per heavy atom. The van der Waals surface area contributed by atoms with Crippen molar-refractivity contribution in [3.05, 3.63) is 29.8 Å². The summed E-state index contributed by atoms with van der Waals surface area (Å²) < 4.78 is 5.55. The van der Waals surface area contributed by atoms with Crippen molar-refractivity contribution in [3.63, 3.8) is 0 Å². The molecule has 112 valence electrons. The summed E-state index contributed by atoms with van der Waals surface area (Å²) in [5.74, 6) is 1.68. The van der Waals surface area contributed by atoms with E-state index >= 15 is 0 Å².